The number of rotatable bonds is 5. The van der Waals surface area contributed by atoms with Gasteiger partial charge in [-0.2, -0.15) is 0 Å². The number of benzene rings is 2. The molecule has 0 atom stereocenters. The minimum atomic E-state index is -0.321. The van der Waals surface area contributed by atoms with Gasteiger partial charge in [-0.25, -0.2) is 4.79 Å². The minimum Gasteiger partial charge on any atom is -0.423 e. The molecule has 2 aromatic carbocycles. The molecule has 2 heterocycles. The number of nitrogens with zero attached hydrogens (tertiary/aromatic N) is 1. The van der Waals surface area contributed by atoms with Gasteiger partial charge in [0, 0.05) is 37.1 Å². The smallest absolute Gasteiger partial charge is 0.338 e. The van der Waals surface area contributed by atoms with Crippen LogP contribution in [0.2, 0.25) is 0 Å². The van der Waals surface area contributed by atoms with Crippen LogP contribution in [0, 0.1) is 13.8 Å². The molecule has 0 saturated carbocycles. The maximum Gasteiger partial charge on any atom is 0.338 e. The van der Waals surface area contributed by atoms with Crippen molar-refractivity contribution in [2.75, 3.05) is 18.4 Å². The Kier molecular flexibility index (Phi) is 5.54. The van der Waals surface area contributed by atoms with Gasteiger partial charge in [0.1, 0.15) is 5.58 Å². The Morgan fingerprint density at radius 3 is 2.62 bits per heavy atom. The minimum absolute atomic E-state index is 0.321. The first-order valence-corrected chi connectivity index (χ1v) is 10.3. The van der Waals surface area contributed by atoms with Crippen LogP contribution in [0.25, 0.3) is 17.0 Å². The van der Waals surface area contributed by atoms with Gasteiger partial charge in [0.2, 0.25) is 0 Å². The standard InChI is InChI=1S/C25H28N2O2/c1-4-19-7-8-24-22(14-19)23(15-25(28)29-24)26-21-9-11-27(12-10-21)16-20-6-5-17(2)18(3)13-20/h4-8,13-15,21,26H,1,9-12,16H2,2-3H3. The monoisotopic (exact) mass is 388 g/mol. The first-order valence-electron chi connectivity index (χ1n) is 10.3. The van der Waals surface area contributed by atoms with Crippen molar-refractivity contribution in [3.63, 3.8) is 0 Å². The predicted molar refractivity (Wildman–Crippen MR) is 120 cm³/mol. The molecule has 0 spiro atoms. The van der Waals surface area contributed by atoms with Crippen LogP contribution in [0.15, 0.2) is 58.3 Å². The van der Waals surface area contributed by atoms with Crippen LogP contribution in [-0.4, -0.2) is 24.0 Å². The van der Waals surface area contributed by atoms with E-state index < -0.39 is 0 Å². The highest BCUT2D eigenvalue weighted by Gasteiger charge is 2.20. The number of hydrogen-bond acceptors (Lipinski definition) is 4. The summed E-state index contributed by atoms with van der Waals surface area (Å²) < 4.78 is 5.35. The van der Waals surface area contributed by atoms with E-state index >= 15 is 0 Å². The van der Waals surface area contributed by atoms with Gasteiger partial charge in [0.15, 0.2) is 0 Å². The number of piperidine rings is 1. The van der Waals surface area contributed by atoms with Crippen molar-refractivity contribution in [3.8, 4) is 0 Å². The molecular weight excluding hydrogens is 360 g/mol. The van der Waals surface area contributed by atoms with Gasteiger partial charge in [-0.3, -0.25) is 4.90 Å². The van der Waals surface area contributed by atoms with E-state index in [1.54, 1.807) is 12.1 Å². The maximum atomic E-state index is 12.0. The van der Waals surface area contributed by atoms with Crippen LogP contribution in [0.3, 0.4) is 0 Å². The summed E-state index contributed by atoms with van der Waals surface area (Å²) in [5, 5.41) is 4.53. The molecule has 0 amide bonds. The van der Waals surface area contributed by atoms with Crippen LogP contribution in [0.1, 0.15) is 35.1 Å². The third kappa shape index (κ3) is 4.43. The van der Waals surface area contributed by atoms with Crippen molar-refractivity contribution in [2.24, 2.45) is 0 Å². The van der Waals surface area contributed by atoms with Gasteiger partial charge in [-0.15, -0.1) is 0 Å². The summed E-state index contributed by atoms with van der Waals surface area (Å²) in [6.45, 7) is 11.2. The molecule has 1 aliphatic heterocycles. The molecule has 1 aliphatic rings. The molecule has 4 heteroatoms. The van der Waals surface area contributed by atoms with Crippen molar-refractivity contribution in [2.45, 2.75) is 39.3 Å². The lowest BCUT2D eigenvalue weighted by atomic mass is 10.0. The summed E-state index contributed by atoms with van der Waals surface area (Å²) in [7, 11) is 0. The second-order valence-electron chi connectivity index (χ2n) is 8.05. The lowest BCUT2D eigenvalue weighted by Gasteiger charge is -2.33. The van der Waals surface area contributed by atoms with E-state index in [4.69, 9.17) is 4.42 Å². The molecule has 29 heavy (non-hydrogen) atoms. The topological polar surface area (TPSA) is 45.5 Å². The van der Waals surface area contributed by atoms with Crippen LogP contribution in [0.5, 0.6) is 0 Å². The fourth-order valence-corrected chi connectivity index (χ4v) is 4.04. The largest absolute Gasteiger partial charge is 0.423 e. The molecule has 1 fully saturated rings. The van der Waals surface area contributed by atoms with Crippen molar-refractivity contribution < 1.29 is 4.42 Å². The number of aryl methyl sites for hydroxylation is 2. The predicted octanol–water partition coefficient (Wildman–Crippen LogP) is 5.13. The summed E-state index contributed by atoms with van der Waals surface area (Å²) in [5.41, 5.74) is 6.23. The average Bonchev–Trinajstić information content (AvgIpc) is 2.72. The summed E-state index contributed by atoms with van der Waals surface area (Å²) in [4.78, 5) is 14.5. The van der Waals surface area contributed by atoms with E-state index in [1.807, 2.05) is 18.2 Å². The van der Waals surface area contributed by atoms with Gasteiger partial charge in [0.05, 0.1) is 5.69 Å². The average molecular weight is 389 g/mol. The lowest BCUT2D eigenvalue weighted by molar-refractivity contribution is 0.211. The quantitative estimate of drug-likeness (QED) is 0.616. The first-order chi connectivity index (χ1) is 14.0. The second kappa shape index (κ2) is 8.26. The van der Waals surface area contributed by atoms with Gasteiger partial charge in [-0.05, 0) is 61.1 Å². The third-order valence-electron chi connectivity index (χ3n) is 5.93. The number of anilines is 1. The normalized spacial score (nSPS) is 15.5. The molecule has 1 N–H and O–H groups in total. The van der Waals surface area contributed by atoms with Crippen LogP contribution in [-0.2, 0) is 6.54 Å². The maximum absolute atomic E-state index is 12.0. The molecule has 3 aromatic rings. The zero-order valence-electron chi connectivity index (χ0n) is 17.2. The SMILES string of the molecule is C=Cc1ccc2oc(=O)cc(NC3CCN(Cc4ccc(C)c(C)c4)CC3)c2c1. The highest BCUT2D eigenvalue weighted by molar-refractivity contribution is 5.91. The van der Waals surface area contributed by atoms with E-state index in [-0.39, 0.29) is 5.63 Å². The molecule has 4 rings (SSSR count). The lowest BCUT2D eigenvalue weighted by Crippen LogP contribution is -2.38. The van der Waals surface area contributed by atoms with Gasteiger partial charge < -0.3 is 9.73 Å². The molecule has 150 valence electrons. The second-order valence-corrected chi connectivity index (χ2v) is 8.05. The van der Waals surface area contributed by atoms with Crippen LogP contribution >= 0.6 is 0 Å². The fraction of sp³-hybridized carbons (Fsp3) is 0.320. The van der Waals surface area contributed by atoms with Crippen molar-refractivity contribution in [1.82, 2.24) is 4.90 Å². The van der Waals surface area contributed by atoms with Crippen LogP contribution in [0.4, 0.5) is 5.69 Å². The zero-order valence-corrected chi connectivity index (χ0v) is 17.2. The molecule has 0 unspecified atom stereocenters. The Bertz CT molecular complexity index is 1090. The molecule has 0 radical (unpaired) electrons. The molecular formula is C25H28N2O2. The highest BCUT2D eigenvalue weighted by Crippen LogP contribution is 2.26. The van der Waals surface area contributed by atoms with E-state index in [0.29, 0.717) is 11.6 Å². The molecule has 4 nitrogen and oxygen atoms in total. The zero-order chi connectivity index (χ0) is 20.4. The number of likely N-dealkylation sites (tertiary alicyclic amines) is 1. The van der Waals surface area contributed by atoms with E-state index in [0.717, 1.165) is 49.1 Å². The molecule has 1 saturated heterocycles. The van der Waals surface area contributed by atoms with Crippen molar-refractivity contribution >= 4 is 22.7 Å². The summed E-state index contributed by atoms with van der Waals surface area (Å²) in [6.07, 6.45) is 3.90. The Hall–Kier alpha value is -2.85. The first kappa shape index (κ1) is 19.5. The van der Waals surface area contributed by atoms with Gasteiger partial charge >= 0.3 is 5.63 Å². The van der Waals surface area contributed by atoms with Crippen molar-refractivity contribution in [1.29, 1.82) is 0 Å². The van der Waals surface area contributed by atoms with Gasteiger partial charge in [0.25, 0.3) is 0 Å². The summed E-state index contributed by atoms with van der Waals surface area (Å²) in [6, 6.07) is 14.4. The highest BCUT2D eigenvalue weighted by atomic mass is 16.4. The Morgan fingerprint density at radius 2 is 1.90 bits per heavy atom. The van der Waals surface area contributed by atoms with E-state index in [9.17, 15) is 4.79 Å². The Balaban J connectivity index is 1.43. The molecule has 0 bridgehead atoms. The summed E-state index contributed by atoms with van der Waals surface area (Å²) >= 11 is 0. The van der Waals surface area contributed by atoms with E-state index in [2.05, 4.69) is 48.8 Å². The number of nitrogens with one attached hydrogen (secondary N) is 1. The number of fused-ring (bicyclic) bond motifs is 1. The Labute approximate surface area is 171 Å². The number of hydrogen-bond donors (Lipinski definition) is 1. The van der Waals surface area contributed by atoms with E-state index in [1.165, 1.54) is 16.7 Å². The third-order valence-corrected chi connectivity index (χ3v) is 5.93. The van der Waals surface area contributed by atoms with Crippen molar-refractivity contribution in [3.05, 3.63) is 81.7 Å². The summed E-state index contributed by atoms with van der Waals surface area (Å²) in [5.74, 6) is 0. The van der Waals surface area contributed by atoms with Crippen LogP contribution < -0.4 is 10.9 Å². The van der Waals surface area contributed by atoms with Gasteiger partial charge in [-0.1, -0.05) is 36.9 Å². The molecule has 1 aromatic heterocycles. The fourth-order valence-electron chi connectivity index (χ4n) is 4.04. The Morgan fingerprint density at radius 1 is 1.10 bits per heavy atom. The molecule has 0 aliphatic carbocycles.